The summed E-state index contributed by atoms with van der Waals surface area (Å²) in [6.07, 6.45) is -2.48. The zero-order chi connectivity index (χ0) is 13.5. The smallest absolute Gasteiger partial charge is 0.261 e. The number of nitrogen functional groups attached to an aromatic ring is 1. The Hall–Kier alpha value is -1.48. The summed E-state index contributed by atoms with van der Waals surface area (Å²) in [6, 6.07) is 0. The molecule has 0 aromatic carbocycles. The number of amides is 1. The Kier molecular flexibility index (Phi) is 5.72. The van der Waals surface area contributed by atoms with Crippen LogP contribution in [0, 0.1) is 0 Å². The Balaban J connectivity index is 2.45. The van der Waals surface area contributed by atoms with Gasteiger partial charge in [0.2, 0.25) is 0 Å². The van der Waals surface area contributed by atoms with Crippen LogP contribution in [0.4, 0.5) is 19.6 Å². The summed E-state index contributed by atoms with van der Waals surface area (Å²) < 4.78 is 32.1. The van der Waals surface area contributed by atoms with Gasteiger partial charge in [-0.05, 0) is 11.5 Å². The number of carbonyl (C=O) groups excluding carboxylic acids is 1. The Bertz CT molecular complexity index is 400. The molecule has 0 spiro atoms. The van der Waals surface area contributed by atoms with E-state index in [1.807, 2.05) is 0 Å². The predicted octanol–water partition coefficient (Wildman–Crippen LogP) is 0.778. The van der Waals surface area contributed by atoms with Gasteiger partial charge in [0, 0.05) is 13.6 Å². The fourth-order valence-corrected chi connectivity index (χ4v) is 1.91. The zero-order valence-electron chi connectivity index (χ0n) is 9.70. The van der Waals surface area contributed by atoms with Crippen molar-refractivity contribution < 1.29 is 18.3 Å². The lowest BCUT2D eigenvalue weighted by molar-refractivity contribution is 0.0215. The number of halogens is 2. The Labute approximate surface area is 107 Å². The SMILES string of the molecule is CNC(=O)c1c(N)nsc1NCCOCC(F)F. The topological polar surface area (TPSA) is 89.3 Å². The summed E-state index contributed by atoms with van der Waals surface area (Å²) in [5.74, 6) is -0.215. The molecule has 102 valence electrons. The fourth-order valence-electron chi connectivity index (χ4n) is 1.18. The minimum atomic E-state index is -2.48. The molecule has 18 heavy (non-hydrogen) atoms. The third-order valence-corrected chi connectivity index (χ3v) is 2.77. The molecule has 6 nitrogen and oxygen atoms in total. The highest BCUT2D eigenvalue weighted by Gasteiger charge is 2.17. The minimum absolute atomic E-state index is 0.106. The second-order valence-electron chi connectivity index (χ2n) is 3.24. The average Bonchev–Trinajstić information content (AvgIpc) is 2.69. The van der Waals surface area contributed by atoms with Crippen LogP contribution in [0.25, 0.3) is 0 Å². The number of alkyl halides is 2. The number of nitrogens with one attached hydrogen (secondary N) is 2. The fraction of sp³-hybridized carbons (Fsp3) is 0.556. The molecule has 0 aliphatic rings. The van der Waals surface area contributed by atoms with E-state index in [-0.39, 0.29) is 23.9 Å². The molecule has 0 radical (unpaired) electrons. The molecule has 4 N–H and O–H groups in total. The molecular weight excluding hydrogens is 266 g/mol. The van der Waals surface area contributed by atoms with Crippen LogP contribution in [0.3, 0.4) is 0 Å². The van der Waals surface area contributed by atoms with Gasteiger partial charge in [0.05, 0.1) is 6.61 Å². The van der Waals surface area contributed by atoms with Crippen molar-refractivity contribution >= 4 is 28.3 Å². The molecule has 0 bridgehead atoms. The van der Waals surface area contributed by atoms with Gasteiger partial charge in [-0.1, -0.05) is 0 Å². The summed E-state index contributed by atoms with van der Waals surface area (Å²) in [7, 11) is 1.48. The molecule has 1 rings (SSSR count). The molecule has 1 aromatic rings. The number of aromatic nitrogens is 1. The Morgan fingerprint density at radius 3 is 2.94 bits per heavy atom. The van der Waals surface area contributed by atoms with Gasteiger partial charge in [0.1, 0.15) is 17.2 Å². The normalized spacial score (nSPS) is 10.7. The third kappa shape index (κ3) is 4.08. The van der Waals surface area contributed by atoms with Crippen LogP contribution in [0.2, 0.25) is 0 Å². The lowest BCUT2D eigenvalue weighted by atomic mass is 10.3. The summed E-state index contributed by atoms with van der Waals surface area (Å²) in [5, 5.41) is 5.80. The highest BCUT2D eigenvalue weighted by Crippen LogP contribution is 2.26. The van der Waals surface area contributed by atoms with Crippen LogP contribution in [0.5, 0.6) is 0 Å². The number of ether oxygens (including phenoxy) is 1. The van der Waals surface area contributed by atoms with Gasteiger partial charge in [-0.25, -0.2) is 8.78 Å². The van der Waals surface area contributed by atoms with Crippen molar-refractivity contribution in [1.82, 2.24) is 9.69 Å². The van der Waals surface area contributed by atoms with Crippen molar-refractivity contribution in [3.05, 3.63) is 5.56 Å². The number of hydrogen-bond donors (Lipinski definition) is 3. The number of nitrogens with two attached hydrogens (primary N) is 1. The first kappa shape index (κ1) is 14.6. The van der Waals surface area contributed by atoms with E-state index in [1.165, 1.54) is 7.05 Å². The number of carbonyl (C=O) groups is 1. The third-order valence-electron chi connectivity index (χ3n) is 1.95. The van der Waals surface area contributed by atoms with Crippen LogP contribution in [0.15, 0.2) is 0 Å². The number of nitrogens with zero attached hydrogens (tertiary/aromatic N) is 1. The summed E-state index contributed by atoms with van der Waals surface area (Å²) in [6.45, 7) is -0.206. The van der Waals surface area contributed by atoms with Crippen LogP contribution in [-0.2, 0) is 4.74 Å². The van der Waals surface area contributed by atoms with Crippen molar-refractivity contribution in [1.29, 1.82) is 0 Å². The molecule has 1 amide bonds. The first-order valence-electron chi connectivity index (χ1n) is 5.13. The lowest BCUT2D eigenvalue weighted by Gasteiger charge is -2.06. The average molecular weight is 280 g/mol. The molecule has 9 heteroatoms. The maximum absolute atomic E-state index is 11.8. The van der Waals surface area contributed by atoms with E-state index in [4.69, 9.17) is 10.5 Å². The monoisotopic (exact) mass is 280 g/mol. The molecule has 0 atom stereocenters. The van der Waals surface area contributed by atoms with Gasteiger partial charge in [0.15, 0.2) is 5.82 Å². The Morgan fingerprint density at radius 1 is 1.61 bits per heavy atom. The molecular formula is C9H14F2N4O2S. The van der Waals surface area contributed by atoms with E-state index < -0.39 is 13.0 Å². The molecule has 0 fully saturated rings. The lowest BCUT2D eigenvalue weighted by Crippen LogP contribution is -2.21. The predicted molar refractivity (Wildman–Crippen MR) is 65.2 cm³/mol. The van der Waals surface area contributed by atoms with E-state index in [2.05, 4.69) is 15.0 Å². The molecule has 0 saturated carbocycles. The van der Waals surface area contributed by atoms with E-state index in [0.717, 1.165) is 11.5 Å². The van der Waals surface area contributed by atoms with Gasteiger partial charge < -0.3 is 21.1 Å². The van der Waals surface area contributed by atoms with Crippen molar-refractivity contribution in [3.63, 3.8) is 0 Å². The number of rotatable bonds is 7. The minimum Gasteiger partial charge on any atom is -0.382 e. The van der Waals surface area contributed by atoms with E-state index in [0.29, 0.717) is 11.5 Å². The maximum atomic E-state index is 11.8. The molecule has 0 unspecified atom stereocenters. The van der Waals surface area contributed by atoms with Gasteiger partial charge in [0.25, 0.3) is 12.3 Å². The Morgan fingerprint density at radius 2 is 2.33 bits per heavy atom. The second kappa shape index (κ2) is 7.07. The van der Waals surface area contributed by atoms with Gasteiger partial charge in [-0.2, -0.15) is 4.37 Å². The molecule has 0 aliphatic carbocycles. The number of hydrogen-bond acceptors (Lipinski definition) is 6. The largest absolute Gasteiger partial charge is 0.382 e. The number of anilines is 2. The molecule has 1 heterocycles. The van der Waals surface area contributed by atoms with Gasteiger partial charge in [-0.3, -0.25) is 4.79 Å². The summed E-state index contributed by atoms with van der Waals surface area (Å²) in [4.78, 5) is 11.5. The summed E-state index contributed by atoms with van der Waals surface area (Å²) >= 11 is 1.03. The second-order valence-corrected chi connectivity index (χ2v) is 4.02. The van der Waals surface area contributed by atoms with Crippen molar-refractivity contribution in [2.45, 2.75) is 6.43 Å². The van der Waals surface area contributed by atoms with E-state index in [9.17, 15) is 13.6 Å². The van der Waals surface area contributed by atoms with Crippen molar-refractivity contribution in [2.75, 3.05) is 37.9 Å². The van der Waals surface area contributed by atoms with E-state index in [1.54, 1.807) is 0 Å². The van der Waals surface area contributed by atoms with Gasteiger partial charge >= 0.3 is 0 Å². The van der Waals surface area contributed by atoms with Crippen LogP contribution in [0.1, 0.15) is 10.4 Å². The van der Waals surface area contributed by atoms with Gasteiger partial charge in [-0.15, -0.1) is 0 Å². The van der Waals surface area contributed by atoms with Crippen molar-refractivity contribution in [3.8, 4) is 0 Å². The molecule has 0 aliphatic heterocycles. The zero-order valence-corrected chi connectivity index (χ0v) is 10.5. The highest BCUT2D eigenvalue weighted by atomic mass is 32.1. The van der Waals surface area contributed by atoms with Crippen LogP contribution >= 0.6 is 11.5 Å². The quantitative estimate of drug-likeness (QED) is 0.642. The molecule has 1 aromatic heterocycles. The van der Waals surface area contributed by atoms with E-state index >= 15 is 0 Å². The first-order valence-corrected chi connectivity index (χ1v) is 5.90. The van der Waals surface area contributed by atoms with Crippen LogP contribution < -0.4 is 16.4 Å². The standard InChI is InChI=1S/C9H14F2N4O2S/c1-13-8(16)6-7(12)15-18-9(6)14-2-3-17-4-5(10)11/h5,14H,2-4H2,1H3,(H2,12,15)(H,13,16). The summed E-state index contributed by atoms with van der Waals surface area (Å²) in [5.41, 5.74) is 5.82. The van der Waals surface area contributed by atoms with Crippen LogP contribution in [-0.4, -0.2) is 43.5 Å². The maximum Gasteiger partial charge on any atom is 0.261 e. The van der Waals surface area contributed by atoms with Crippen molar-refractivity contribution in [2.24, 2.45) is 0 Å². The first-order chi connectivity index (χ1) is 8.56. The highest BCUT2D eigenvalue weighted by molar-refractivity contribution is 7.11. The molecule has 0 saturated heterocycles.